The van der Waals surface area contributed by atoms with E-state index in [2.05, 4.69) is 21.0 Å². The third kappa shape index (κ3) is 1.73. The highest BCUT2D eigenvalue weighted by Crippen LogP contribution is 2.37. The third-order valence-electron chi connectivity index (χ3n) is 2.85. The van der Waals surface area contributed by atoms with Crippen LogP contribution in [0.2, 0.25) is 0 Å². The number of aromatic nitrogens is 2. The van der Waals surface area contributed by atoms with Crippen LogP contribution in [0.25, 0.3) is 11.3 Å². The van der Waals surface area contributed by atoms with E-state index >= 15 is 0 Å². The lowest BCUT2D eigenvalue weighted by atomic mass is 10.1. The molecular formula is C12H12BrN3O2. The van der Waals surface area contributed by atoms with Gasteiger partial charge in [0.15, 0.2) is 11.5 Å². The highest BCUT2D eigenvalue weighted by molar-refractivity contribution is 9.10. The minimum Gasteiger partial charge on any atom is -0.486 e. The molecule has 0 radical (unpaired) electrons. The summed E-state index contributed by atoms with van der Waals surface area (Å²) in [6, 6.07) is 5.75. The van der Waals surface area contributed by atoms with Crippen LogP contribution in [0, 0.1) is 0 Å². The van der Waals surface area contributed by atoms with Crippen LogP contribution in [0.3, 0.4) is 0 Å². The molecule has 0 saturated carbocycles. The summed E-state index contributed by atoms with van der Waals surface area (Å²) in [5, 5.41) is 4.38. The van der Waals surface area contributed by atoms with Crippen molar-refractivity contribution in [3.8, 4) is 22.8 Å². The zero-order chi connectivity index (χ0) is 12.7. The number of halogens is 1. The van der Waals surface area contributed by atoms with Gasteiger partial charge in [0.05, 0.1) is 4.47 Å². The van der Waals surface area contributed by atoms with E-state index < -0.39 is 0 Å². The molecule has 0 amide bonds. The Morgan fingerprint density at radius 3 is 2.67 bits per heavy atom. The van der Waals surface area contributed by atoms with Crippen molar-refractivity contribution in [2.24, 2.45) is 7.05 Å². The smallest absolute Gasteiger partial charge is 0.162 e. The van der Waals surface area contributed by atoms with Crippen LogP contribution in [-0.2, 0) is 7.05 Å². The van der Waals surface area contributed by atoms with Crippen LogP contribution in [-0.4, -0.2) is 23.0 Å². The Kier molecular flexibility index (Phi) is 2.66. The number of hydrogen-bond donors (Lipinski definition) is 1. The molecule has 0 spiro atoms. The molecule has 0 bridgehead atoms. The molecule has 6 heteroatoms. The van der Waals surface area contributed by atoms with E-state index in [4.69, 9.17) is 15.2 Å². The third-order valence-corrected chi connectivity index (χ3v) is 3.63. The van der Waals surface area contributed by atoms with Gasteiger partial charge in [0.1, 0.15) is 24.7 Å². The van der Waals surface area contributed by atoms with Crippen molar-refractivity contribution in [1.29, 1.82) is 0 Å². The molecule has 0 fully saturated rings. The Morgan fingerprint density at radius 2 is 2.00 bits per heavy atom. The van der Waals surface area contributed by atoms with Gasteiger partial charge in [-0.2, -0.15) is 5.10 Å². The summed E-state index contributed by atoms with van der Waals surface area (Å²) in [6.45, 7) is 1.16. The van der Waals surface area contributed by atoms with Crippen molar-refractivity contribution in [1.82, 2.24) is 9.78 Å². The maximum absolute atomic E-state index is 5.88. The second-order valence-corrected chi connectivity index (χ2v) is 4.82. The van der Waals surface area contributed by atoms with Crippen LogP contribution in [0.4, 0.5) is 5.82 Å². The second-order valence-electron chi connectivity index (χ2n) is 4.03. The van der Waals surface area contributed by atoms with Gasteiger partial charge < -0.3 is 15.2 Å². The lowest BCUT2D eigenvalue weighted by molar-refractivity contribution is 0.171. The van der Waals surface area contributed by atoms with Gasteiger partial charge in [-0.05, 0) is 34.1 Å². The van der Waals surface area contributed by atoms with E-state index in [0.29, 0.717) is 19.0 Å². The molecule has 5 nitrogen and oxygen atoms in total. The molecule has 0 unspecified atom stereocenters. The number of fused-ring (bicyclic) bond motifs is 1. The van der Waals surface area contributed by atoms with Gasteiger partial charge in [-0.25, -0.2) is 0 Å². The second kappa shape index (κ2) is 4.20. The maximum atomic E-state index is 5.88. The first-order valence-corrected chi connectivity index (χ1v) is 6.34. The average Bonchev–Trinajstić information content (AvgIpc) is 2.66. The molecule has 1 aromatic heterocycles. The summed E-state index contributed by atoms with van der Waals surface area (Å²) in [5.74, 6) is 2.11. The molecule has 2 heterocycles. The monoisotopic (exact) mass is 309 g/mol. The summed E-state index contributed by atoms with van der Waals surface area (Å²) in [7, 11) is 1.81. The van der Waals surface area contributed by atoms with Crippen LogP contribution in [0.1, 0.15) is 0 Å². The van der Waals surface area contributed by atoms with E-state index in [1.165, 1.54) is 0 Å². The normalized spacial score (nSPS) is 13.7. The zero-order valence-electron chi connectivity index (χ0n) is 9.81. The Hall–Kier alpha value is -1.69. The number of aryl methyl sites for hydroxylation is 1. The number of nitrogens with two attached hydrogens (primary N) is 1. The summed E-state index contributed by atoms with van der Waals surface area (Å²) >= 11 is 3.45. The number of hydrogen-bond acceptors (Lipinski definition) is 4. The van der Waals surface area contributed by atoms with Crippen molar-refractivity contribution < 1.29 is 9.47 Å². The van der Waals surface area contributed by atoms with Crippen molar-refractivity contribution in [2.45, 2.75) is 0 Å². The topological polar surface area (TPSA) is 62.3 Å². The Bertz CT molecular complexity index is 610. The average molecular weight is 310 g/mol. The Labute approximate surface area is 113 Å². The number of anilines is 1. The first-order valence-electron chi connectivity index (χ1n) is 5.55. The van der Waals surface area contributed by atoms with Crippen LogP contribution in [0.15, 0.2) is 22.7 Å². The van der Waals surface area contributed by atoms with Gasteiger partial charge in [0, 0.05) is 12.6 Å². The fourth-order valence-corrected chi connectivity index (χ4v) is 2.45. The molecule has 18 heavy (non-hydrogen) atoms. The van der Waals surface area contributed by atoms with Gasteiger partial charge in [0.2, 0.25) is 0 Å². The largest absolute Gasteiger partial charge is 0.486 e. The lowest BCUT2D eigenvalue weighted by Gasteiger charge is -2.18. The van der Waals surface area contributed by atoms with Gasteiger partial charge >= 0.3 is 0 Å². The van der Waals surface area contributed by atoms with Gasteiger partial charge in [0.25, 0.3) is 0 Å². The predicted octanol–water partition coefficient (Wildman–Crippen LogP) is 2.20. The SMILES string of the molecule is Cn1nc(-c2ccc3c(c2)OCCO3)c(Br)c1N. The summed E-state index contributed by atoms with van der Waals surface area (Å²) < 4.78 is 13.5. The first kappa shape index (κ1) is 11.4. The Balaban J connectivity index is 2.09. The maximum Gasteiger partial charge on any atom is 0.162 e. The summed E-state index contributed by atoms with van der Waals surface area (Å²) in [6.07, 6.45) is 0. The van der Waals surface area contributed by atoms with Crippen LogP contribution in [0.5, 0.6) is 11.5 Å². The predicted molar refractivity (Wildman–Crippen MR) is 71.7 cm³/mol. The highest BCUT2D eigenvalue weighted by atomic mass is 79.9. The molecule has 0 aliphatic carbocycles. The quantitative estimate of drug-likeness (QED) is 0.877. The van der Waals surface area contributed by atoms with Gasteiger partial charge in [-0.3, -0.25) is 4.68 Å². The summed E-state index contributed by atoms with van der Waals surface area (Å²) in [4.78, 5) is 0. The van der Waals surface area contributed by atoms with E-state index in [1.54, 1.807) is 4.68 Å². The van der Waals surface area contributed by atoms with Crippen molar-refractivity contribution in [3.05, 3.63) is 22.7 Å². The number of ether oxygens (including phenoxy) is 2. The molecule has 94 valence electrons. The van der Waals surface area contributed by atoms with Crippen molar-refractivity contribution >= 4 is 21.7 Å². The molecule has 2 aromatic rings. The van der Waals surface area contributed by atoms with E-state index in [1.807, 2.05) is 25.2 Å². The zero-order valence-corrected chi connectivity index (χ0v) is 11.4. The number of benzene rings is 1. The molecule has 2 N–H and O–H groups in total. The molecule has 3 rings (SSSR count). The van der Waals surface area contributed by atoms with Gasteiger partial charge in [-0.1, -0.05) is 0 Å². The fraction of sp³-hybridized carbons (Fsp3) is 0.250. The molecule has 1 aliphatic rings. The van der Waals surface area contributed by atoms with E-state index in [9.17, 15) is 0 Å². The minimum absolute atomic E-state index is 0.571. The Morgan fingerprint density at radius 1 is 1.28 bits per heavy atom. The van der Waals surface area contributed by atoms with Crippen molar-refractivity contribution in [3.63, 3.8) is 0 Å². The molecule has 0 saturated heterocycles. The standard InChI is InChI=1S/C12H12BrN3O2/c1-16-12(14)10(13)11(15-16)7-2-3-8-9(6-7)18-5-4-17-8/h2-3,6H,4-5,14H2,1H3. The molecule has 1 aromatic carbocycles. The fourth-order valence-electron chi connectivity index (χ4n) is 1.89. The van der Waals surface area contributed by atoms with E-state index in [0.717, 1.165) is 27.2 Å². The molecule has 0 atom stereocenters. The van der Waals surface area contributed by atoms with E-state index in [-0.39, 0.29) is 0 Å². The van der Waals surface area contributed by atoms with Crippen molar-refractivity contribution in [2.75, 3.05) is 18.9 Å². The number of nitrogens with zero attached hydrogens (tertiary/aromatic N) is 2. The lowest BCUT2D eigenvalue weighted by Crippen LogP contribution is -2.15. The molecule has 1 aliphatic heterocycles. The minimum atomic E-state index is 0.571. The summed E-state index contributed by atoms with van der Waals surface area (Å²) in [5.41, 5.74) is 7.62. The van der Waals surface area contributed by atoms with Gasteiger partial charge in [-0.15, -0.1) is 0 Å². The highest BCUT2D eigenvalue weighted by Gasteiger charge is 2.17. The first-order chi connectivity index (χ1) is 8.66. The number of nitrogen functional groups attached to an aromatic ring is 1. The van der Waals surface area contributed by atoms with Crippen LogP contribution < -0.4 is 15.2 Å². The number of rotatable bonds is 1. The molecular weight excluding hydrogens is 298 g/mol. The van der Waals surface area contributed by atoms with Crippen LogP contribution >= 0.6 is 15.9 Å².